The molecule has 0 amide bonds. The zero-order valence-corrected chi connectivity index (χ0v) is 13.9. The quantitative estimate of drug-likeness (QED) is 0.741. The summed E-state index contributed by atoms with van der Waals surface area (Å²) in [6, 6.07) is 17.3. The molecule has 0 aliphatic heterocycles. The number of nitrogens with zero attached hydrogens (tertiary/aromatic N) is 5. The van der Waals surface area contributed by atoms with Crippen LogP contribution >= 0.6 is 0 Å². The first-order valence-corrected chi connectivity index (χ1v) is 7.66. The third kappa shape index (κ3) is 4.00. The lowest BCUT2D eigenvalue weighted by atomic mass is 10.2. The Bertz CT molecular complexity index is 898. The van der Waals surface area contributed by atoms with Crippen molar-refractivity contribution in [2.45, 2.75) is 0 Å². The van der Waals surface area contributed by atoms with Crippen molar-refractivity contribution in [3.8, 4) is 6.07 Å². The van der Waals surface area contributed by atoms with Crippen LogP contribution in [0.15, 0.2) is 54.7 Å². The highest BCUT2D eigenvalue weighted by Crippen LogP contribution is 2.21. The van der Waals surface area contributed by atoms with Gasteiger partial charge in [-0.2, -0.15) is 15.3 Å². The van der Waals surface area contributed by atoms with Gasteiger partial charge >= 0.3 is 0 Å². The van der Waals surface area contributed by atoms with Crippen molar-refractivity contribution in [2.24, 2.45) is 0 Å². The molecular formula is C18H17N7. The summed E-state index contributed by atoms with van der Waals surface area (Å²) in [7, 11) is 3.99. The lowest BCUT2D eigenvalue weighted by Gasteiger charge is -2.13. The lowest BCUT2D eigenvalue weighted by Crippen LogP contribution is -2.08. The highest BCUT2D eigenvalue weighted by molar-refractivity contribution is 5.64. The smallest absolute Gasteiger partial charge is 0.249 e. The highest BCUT2D eigenvalue weighted by atomic mass is 15.3. The molecule has 0 atom stereocenters. The van der Waals surface area contributed by atoms with Gasteiger partial charge in [-0.3, -0.25) is 0 Å². The third-order valence-corrected chi connectivity index (χ3v) is 3.51. The number of para-hydroxylation sites is 1. The van der Waals surface area contributed by atoms with Crippen LogP contribution in [0.2, 0.25) is 0 Å². The van der Waals surface area contributed by atoms with Gasteiger partial charge in [0.15, 0.2) is 5.82 Å². The fraction of sp³-hybridized carbons (Fsp3) is 0.111. The largest absolute Gasteiger partial charge is 0.378 e. The minimum Gasteiger partial charge on any atom is -0.378 e. The van der Waals surface area contributed by atoms with Crippen molar-refractivity contribution < 1.29 is 0 Å². The van der Waals surface area contributed by atoms with Gasteiger partial charge in [-0.05, 0) is 36.4 Å². The van der Waals surface area contributed by atoms with Crippen LogP contribution in [0.5, 0.6) is 0 Å². The van der Waals surface area contributed by atoms with Gasteiger partial charge in [0.05, 0.1) is 17.4 Å². The molecule has 0 fully saturated rings. The summed E-state index contributed by atoms with van der Waals surface area (Å²) >= 11 is 0. The number of rotatable bonds is 5. The van der Waals surface area contributed by atoms with E-state index in [9.17, 15) is 0 Å². The van der Waals surface area contributed by atoms with Gasteiger partial charge < -0.3 is 15.5 Å². The summed E-state index contributed by atoms with van der Waals surface area (Å²) in [6.07, 6.45) is 1.54. The highest BCUT2D eigenvalue weighted by Gasteiger charge is 2.05. The average molecular weight is 331 g/mol. The van der Waals surface area contributed by atoms with Crippen LogP contribution in [0.25, 0.3) is 0 Å². The molecule has 0 saturated heterocycles. The molecule has 0 radical (unpaired) electrons. The number of benzene rings is 2. The van der Waals surface area contributed by atoms with Gasteiger partial charge in [0.1, 0.15) is 6.07 Å². The van der Waals surface area contributed by atoms with E-state index in [2.05, 4.69) is 31.9 Å². The number of hydrogen-bond donors (Lipinski definition) is 2. The van der Waals surface area contributed by atoms with Crippen LogP contribution in [-0.4, -0.2) is 29.3 Å². The molecule has 7 nitrogen and oxygen atoms in total. The van der Waals surface area contributed by atoms with Gasteiger partial charge in [-0.25, -0.2) is 0 Å². The van der Waals surface area contributed by atoms with E-state index in [1.807, 2.05) is 49.3 Å². The van der Waals surface area contributed by atoms with Crippen LogP contribution in [0.4, 0.5) is 28.8 Å². The summed E-state index contributed by atoms with van der Waals surface area (Å²) in [5, 5.41) is 23.3. The standard InChI is InChI=1S/C18H17N7/c1-25(2)15-9-7-14(8-10-15)21-17-12-20-24-18(23-17)22-16-6-4-3-5-13(16)11-19/h3-10,12H,1-2H3,(H2,21,22,23,24). The van der Waals surface area contributed by atoms with E-state index < -0.39 is 0 Å². The Hall–Kier alpha value is -3.66. The van der Waals surface area contributed by atoms with Crippen molar-refractivity contribution in [3.63, 3.8) is 0 Å². The van der Waals surface area contributed by atoms with E-state index in [4.69, 9.17) is 5.26 Å². The predicted octanol–water partition coefficient (Wildman–Crippen LogP) is 3.30. The maximum Gasteiger partial charge on any atom is 0.249 e. The summed E-state index contributed by atoms with van der Waals surface area (Å²) in [5.41, 5.74) is 3.17. The fourth-order valence-corrected chi connectivity index (χ4v) is 2.22. The molecular weight excluding hydrogens is 314 g/mol. The topological polar surface area (TPSA) is 89.8 Å². The molecule has 1 aromatic heterocycles. The molecule has 3 aromatic rings. The molecule has 1 heterocycles. The van der Waals surface area contributed by atoms with Gasteiger partial charge in [-0.15, -0.1) is 5.10 Å². The second-order valence-corrected chi connectivity index (χ2v) is 5.51. The Morgan fingerprint density at radius 3 is 2.48 bits per heavy atom. The van der Waals surface area contributed by atoms with Gasteiger partial charge in [0, 0.05) is 25.5 Å². The number of anilines is 5. The number of aromatic nitrogens is 3. The van der Waals surface area contributed by atoms with Crippen LogP contribution in [0, 0.1) is 11.3 Å². The summed E-state index contributed by atoms with van der Waals surface area (Å²) in [4.78, 5) is 6.41. The van der Waals surface area contributed by atoms with Gasteiger partial charge in [-0.1, -0.05) is 12.1 Å². The van der Waals surface area contributed by atoms with E-state index in [1.54, 1.807) is 24.4 Å². The van der Waals surface area contributed by atoms with Crippen molar-refractivity contribution in [2.75, 3.05) is 29.6 Å². The fourth-order valence-electron chi connectivity index (χ4n) is 2.22. The summed E-state index contributed by atoms with van der Waals surface area (Å²) in [5.74, 6) is 0.877. The SMILES string of the molecule is CN(C)c1ccc(Nc2cnnc(Nc3ccccc3C#N)n2)cc1. The third-order valence-electron chi connectivity index (χ3n) is 3.51. The van der Waals surface area contributed by atoms with E-state index in [0.29, 0.717) is 23.0 Å². The van der Waals surface area contributed by atoms with Crippen LogP contribution < -0.4 is 15.5 Å². The van der Waals surface area contributed by atoms with E-state index in [0.717, 1.165) is 11.4 Å². The van der Waals surface area contributed by atoms with Gasteiger partial charge in [0.25, 0.3) is 0 Å². The van der Waals surface area contributed by atoms with E-state index in [-0.39, 0.29) is 0 Å². The van der Waals surface area contributed by atoms with Crippen molar-refractivity contribution in [3.05, 3.63) is 60.3 Å². The minimum atomic E-state index is 0.317. The maximum atomic E-state index is 9.15. The molecule has 0 spiro atoms. The monoisotopic (exact) mass is 331 g/mol. The Kier molecular flexibility index (Phi) is 4.72. The second kappa shape index (κ2) is 7.27. The first-order valence-electron chi connectivity index (χ1n) is 7.66. The molecule has 0 aliphatic carbocycles. The van der Waals surface area contributed by atoms with E-state index >= 15 is 0 Å². The maximum absolute atomic E-state index is 9.15. The summed E-state index contributed by atoms with van der Waals surface area (Å²) in [6.45, 7) is 0. The summed E-state index contributed by atoms with van der Waals surface area (Å²) < 4.78 is 0. The Balaban J connectivity index is 1.76. The first-order chi connectivity index (χ1) is 12.2. The van der Waals surface area contributed by atoms with E-state index in [1.165, 1.54) is 0 Å². The van der Waals surface area contributed by atoms with Crippen molar-refractivity contribution in [1.82, 2.24) is 15.2 Å². The molecule has 2 N–H and O–H groups in total. The van der Waals surface area contributed by atoms with Crippen LogP contribution in [-0.2, 0) is 0 Å². The number of nitrogens with one attached hydrogen (secondary N) is 2. The zero-order valence-electron chi connectivity index (χ0n) is 13.9. The molecule has 0 unspecified atom stereocenters. The average Bonchev–Trinajstić information content (AvgIpc) is 2.63. The minimum absolute atomic E-state index is 0.317. The normalized spacial score (nSPS) is 9.96. The molecule has 3 rings (SSSR count). The predicted molar refractivity (Wildman–Crippen MR) is 98.3 cm³/mol. The molecule has 2 aromatic carbocycles. The number of hydrogen-bond acceptors (Lipinski definition) is 7. The van der Waals surface area contributed by atoms with Crippen LogP contribution in [0.3, 0.4) is 0 Å². The molecule has 124 valence electrons. The molecule has 0 bridgehead atoms. The zero-order chi connectivity index (χ0) is 17.6. The Morgan fingerprint density at radius 2 is 1.76 bits per heavy atom. The Labute approximate surface area is 146 Å². The van der Waals surface area contributed by atoms with Gasteiger partial charge in [0.2, 0.25) is 5.95 Å². The lowest BCUT2D eigenvalue weighted by molar-refractivity contribution is 0.982. The molecule has 0 saturated carbocycles. The Morgan fingerprint density at radius 1 is 1.00 bits per heavy atom. The molecule has 7 heteroatoms. The molecule has 25 heavy (non-hydrogen) atoms. The first kappa shape index (κ1) is 16.2. The molecule has 0 aliphatic rings. The number of nitriles is 1. The van der Waals surface area contributed by atoms with Crippen molar-refractivity contribution >= 4 is 28.8 Å². The second-order valence-electron chi connectivity index (χ2n) is 5.51. The van der Waals surface area contributed by atoms with Crippen molar-refractivity contribution in [1.29, 1.82) is 5.26 Å². The van der Waals surface area contributed by atoms with Crippen LogP contribution in [0.1, 0.15) is 5.56 Å².